The van der Waals surface area contributed by atoms with Crippen molar-refractivity contribution in [3.05, 3.63) is 28.2 Å². The van der Waals surface area contributed by atoms with Gasteiger partial charge in [0.25, 0.3) is 0 Å². The second-order valence-electron chi connectivity index (χ2n) is 3.43. The molecule has 17 heavy (non-hydrogen) atoms. The van der Waals surface area contributed by atoms with Gasteiger partial charge in [-0.25, -0.2) is 0 Å². The molecule has 0 amide bonds. The maximum atomic E-state index is 8.60. The van der Waals surface area contributed by atoms with Gasteiger partial charge < -0.3 is 4.90 Å². The monoisotopic (exact) mass is 267 g/mol. The number of hydrogen-bond donors (Lipinski definition) is 0. The molecule has 0 fully saturated rings. The van der Waals surface area contributed by atoms with Crippen LogP contribution in [0.2, 0.25) is 10.0 Å². The Morgan fingerprint density at radius 1 is 0.941 bits per heavy atom. The van der Waals surface area contributed by atoms with Crippen molar-refractivity contribution in [2.24, 2.45) is 0 Å². The van der Waals surface area contributed by atoms with Crippen LogP contribution in [0.3, 0.4) is 0 Å². The van der Waals surface area contributed by atoms with Crippen LogP contribution < -0.4 is 4.90 Å². The molecule has 0 aliphatic heterocycles. The molecule has 0 saturated carbocycles. The molecule has 0 bridgehead atoms. The van der Waals surface area contributed by atoms with Crippen molar-refractivity contribution in [1.29, 1.82) is 10.5 Å². The van der Waals surface area contributed by atoms with Gasteiger partial charge in [-0.15, -0.1) is 0 Å². The van der Waals surface area contributed by atoms with Gasteiger partial charge in [0.1, 0.15) is 0 Å². The first-order chi connectivity index (χ1) is 8.17. The lowest BCUT2D eigenvalue weighted by Gasteiger charge is -2.23. The van der Waals surface area contributed by atoms with E-state index in [0.717, 1.165) is 5.69 Å². The molecule has 3 nitrogen and oxygen atoms in total. The second-order valence-corrected chi connectivity index (χ2v) is 4.30. The van der Waals surface area contributed by atoms with Crippen LogP contribution in [0, 0.1) is 22.7 Å². The van der Waals surface area contributed by atoms with Crippen molar-refractivity contribution in [2.45, 2.75) is 12.8 Å². The molecule has 0 aliphatic rings. The fraction of sp³-hybridized carbons (Fsp3) is 0.333. The van der Waals surface area contributed by atoms with Gasteiger partial charge >= 0.3 is 0 Å². The SMILES string of the molecule is N#CCCN(CCC#N)c1cc(Cl)cc(Cl)c1. The van der Waals surface area contributed by atoms with E-state index in [1.165, 1.54) is 0 Å². The second kappa shape index (κ2) is 7.01. The Hall–Kier alpha value is -1.42. The van der Waals surface area contributed by atoms with E-state index in [9.17, 15) is 0 Å². The van der Waals surface area contributed by atoms with Crippen molar-refractivity contribution < 1.29 is 0 Å². The van der Waals surface area contributed by atoms with Crippen molar-refractivity contribution in [2.75, 3.05) is 18.0 Å². The number of rotatable bonds is 5. The van der Waals surface area contributed by atoms with Crippen molar-refractivity contribution in [3.8, 4) is 12.1 Å². The van der Waals surface area contributed by atoms with Gasteiger partial charge in [0.15, 0.2) is 0 Å². The molecular weight excluding hydrogens is 257 g/mol. The summed E-state index contributed by atoms with van der Waals surface area (Å²) in [5.74, 6) is 0. The van der Waals surface area contributed by atoms with E-state index in [4.69, 9.17) is 33.7 Å². The first-order valence-electron chi connectivity index (χ1n) is 5.12. The standard InChI is InChI=1S/C12H11Cl2N3/c13-10-7-11(14)9-12(8-10)17(5-1-3-15)6-2-4-16/h7-9H,1-2,5-6H2. The summed E-state index contributed by atoms with van der Waals surface area (Å²) in [4.78, 5) is 1.93. The first-order valence-corrected chi connectivity index (χ1v) is 5.88. The van der Waals surface area contributed by atoms with Gasteiger partial charge in [-0.3, -0.25) is 0 Å². The Labute approximate surface area is 111 Å². The van der Waals surface area contributed by atoms with Gasteiger partial charge in [0.2, 0.25) is 0 Å². The van der Waals surface area contributed by atoms with Gasteiger partial charge in [-0.05, 0) is 18.2 Å². The van der Waals surface area contributed by atoms with Gasteiger partial charge in [-0.2, -0.15) is 10.5 Å². The summed E-state index contributed by atoms with van der Waals surface area (Å²) in [6, 6.07) is 9.38. The highest BCUT2D eigenvalue weighted by atomic mass is 35.5. The third-order valence-electron chi connectivity index (χ3n) is 2.20. The average Bonchev–Trinajstić information content (AvgIpc) is 2.28. The Balaban J connectivity index is 2.87. The summed E-state index contributed by atoms with van der Waals surface area (Å²) in [7, 11) is 0. The van der Waals surface area contributed by atoms with Crippen LogP contribution in [0.25, 0.3) is 0 Å². The summed E-state index contributed by atoms with van der Waals surface area (Å²) >= 11 is 11.8. The normalized spacial score (nSPS) is 9.41. The Kier molecular flexibility index (Phi) is 5.63. The summed E-state index contributed by atoms with van der Waals surface area (Å²) < 4.78 is 0. The van der Waals surface area contributed by atoms with Crippen LogP contribution >= 0.6 is 23.2 Å². The molecule has 1 aromatic carbocycles. The fourth-order valence-electron chi connectivity index (χ4n) is 1.46. The molecule has 5 heteroatoms. The summed E-state index contributed by atoms with van der Waals surface area (Å²) in [6.07, 6.45) is 0.797. The number of hydrogen-bond acceptors (Lipinski definition) is 3. The third kappa shape index (κ3) is 4.53. The largest absolute Gasteiger partial charge is 0.369 e. The van der Waals surface area contributed by atoms with Crippen molar-refractivity contribution in [3.63, 3.8) is 0 Å². The average molecular weight is 268 g/mol. The predicted molar refractivity (Wildman–Crippen MR) is 69.1 cm³/mol. The van der Waals surface area contributed by atoms with Crippen molar-refractivity contribution in [1.82, 2.24) is 0 Å². The number of anilines is 1. The van der Waals surface area contributed by atoms with E-state index >= 15 is 0 Å². The van der Waals surface area contributed by atoms with Crippen LogP contribution in [0.4, 0.5) is 5.69 Å². The van der Waals surface area contributed by atoms with Gasteiger partial charge in [0.05, 0.1) is 25.0 Å². The summed E-state index contributed by atoms with van der Waals surface area (Å²) in [6.45, 7) is 1.13. The Morgan fingerprint density at radius 2 is 1.41 bits per heavy atom. The minimum absolute atomic E-state index is 0.398. The van der Waals surface area contributed by atoms with E-state index in [-0.39, 0.29) is 0 Å². The summed E-state index contributed by atoms with van der Waals surface area (Å²) in [5.41, 5.74) is 0.841. The lowest BCUT2D eigenvalue weighted by atomic mass is 10.2. The quantitative estimate of drug-likeness (QED) is 0.819. The lowest BCUT2D eigenvalue weighted by Crippen LogP contribution is -2.25. The zero-order valence-electron chi connectivity index (χ0n) is 9.16. The van der Waals surface area contributed by atoms with Crippen LogP contribution in [0.15, 0.2) is 18.2 Å². The number of nitrogens with zero attached hydrogens (tertiary/aromatic N) is 3. The smallest absolute Gasteiger partial charge is 0.0640 e. The molecule has 0 N–H and O–H groups in total. The molecule has 0 saturated heterocycles. The van der Waals surface area contributed by atoms with Crippen LogP contribution in [-0.2, 0) is 0 Å². The van der Waals surface area contributed by atoms with Gasteiger partial charge in [-0.1, -0.05) is 23.2 Å². The van der Waals surface area contributed by atoms with Crippen LogP contribution in [0.5, 0.6) is 0 Å². The highest BCUT2D eigenvalue weighted by Gasteiger charge is 2.07. The molecule has 0 atom stereocenters. The lowest BCUT2D eigenvalue weighted by molar-refractivity contribution is 0.796. The zero-order valence-corrected chi connectivity index (χ0v) is 10.7. The van der Waals surface area contributed by atoms with E-state index in [1.54, 1.807) is 18.2 Å². The highest BCUT2D eigenvalue weighted by molar-refractivity contribution is 6.35. The topological polar surface area (TPSA) is 50.8 Å². The maximum absolute atomic E-state index is 8.60. The fourth-order valence-corrected chi connectivity index (χ4v) is 1.98. The van der Waals surface area contributed by atoms with Crippen LogP contribution in [0.1, 0.15) is 12.8 Å². The molecule has 0 aromatic heterocycles. The molecule has 1 aromatic rings. The zero-order chi connectivity index (χ0) is 12.7. The maximum Gasteiger partial charge on any atom is 0.0640 e. The van der Waals surface area contributed by atoms with Gasteiger partial charge in [0, 0.05) is 28.8 Å². The molecule has 0 aliphatic carbocycles. The van der Waals surface area contributed by atoms with E-state index in [1.807, 2.05) is 4.90 Å². The third-order valence-corrected chi connectivity index (χ3v) is 2.64. The van der Waals surface area contributed by atoms with Crippen LogP contribution in [-0.4, -0.2) is 13.1 Å². The minimum Gasteiger partial charge on any atom is -0.369 e. The van der Waals surface area contributed by atoms with E-state index < -0.39 is 0 Å². The summed E-state index contributed by atoms with van der Waals surface area (Å²) in [5, 5.41) is 18.3. The highest BCUT2D eigenvalue weighted by Crippen LogP contribution is 2.25. The molecule has 88 valence electrons. The number of halogens is 2. The molecule has 0 radical (unpaired) electrons. The number of nitriles is 2. The van der Waals surface area contributed by atoms with Crippen molar-refractivity contribution >= 4 is 28.9 Å². The van der Waals surface area contributed by atoms with E-state index in [2.05, 4.69) is 12.1 Å². The molecular formula is C12H11Cl2N3. The molecule has 0 heterocycles. The Bertz CT molecular complexity index is 422. The first kappa shape index (κ1) is 13.6. The Morgan fingerprint density at radius 3 is 1.82 bits per heavy atom. The molecule has 0 spiro atoms. The predicted octanol–water partition coefficient (Wildman–Crippen LogP) is 3.63. The molecule has 0 unspecified atom stereocenters. The minimum atomic E-state index is 0.398. The molecule has 1 rings (SSSR count). The number of benzene rings is 1. The van der Waals surface area contributed by atoms with E-state index in [0.29, 0.717) is 36.0 Å².